The fraction of sp³-hybridized carbons (Fsp3) is 0.150. The Morgan fingerprint density at radius 3 is 2.64 bits per heavy atom. The summed E-state index contributed by atoms with van der Waals surface area (Å²) < 4.78 is 11.0. The SMILES string of the molecule is Cc1cccnc1NC(=O)CCSc1nc(-c2ccco2)c(-c2ccco2)[nH]1. The molecule has 0 radical (unpaired) electrons. The number of nitrogens with zero attached hydrogens (tertiary/aromatic N) is 2. The lowest BCUT2D eigenvalue weighted by molar-refractivity contribution is -0.115. The van der Waals surface area contributed by atoms with Gasteiger partial charge in [0, 0.05) is 18.4 Å². The molecule has 28 heavy (non-hydrogen) atoms. The molecular weight excluding hydrogens is 376 g/mol. The summed E-state index contributed by atoms with van der Waals surface area (Å²) in [4.78, 5) is 24.2. The largest absolute Gasteiger partial charge is 0.463 e. The number of carbonyl (C=O) groups is 1. The van der Waals surface area contributed by atoms with Gasteiger partial charge in [0.2, 0.25) is 5.91 Å². The normalized spacial score (nSPS) is 10.9. The van der Waals surface area contributed by atoms with Gasteiger partial charge in [-0.25, -0.2) is 9.97 Å². The third kappa shape index (κ3) is 4.01. The second-order valence-corrected chi connectivity index (χ2v) is 7.12. The molecule has 4 aromatic heterocycles. The molecule has 0 unspecified atom stereocenters. The van der Waals surface area contributed by atoms with E-state index >= 15 is 0 Å². The number of aromatic nitrogens is 3. The number of pyridine rings is 1. The van der Waals surface area contributed by atoms with Crippen molar-refractivity contribution in [3.05, 3.63) is 60.7 Å². The maximum absolute atomic E-state index is 12.2. The Labute approximate surface area is 165 Å². The summed E-state index contributed by atoms with van der Waals surface area (Å²) in [6.07, 6.45) is 5.21. The van der Waals surface area contributed by atoms with Crippen LogP contribution >= 0.6 is 11.8 Å². The average Bonchev–Trinajstić information content (AvgIpc) is 3.44. The number of imidazole rings is 1. The van der Waals surface area contributed by atoms with Gasteiger partial charge in [-0.3, -0.25) is 4.79 Å². The van der Waals surface area contributed by atoms with Crippen LogP contribution in [0, 0.1) is 6.92 Å². The fourth-order valence-corrected chi connectivity index (χ4v) is 3.47. The Bertz CT molecular complexity index is 1000. The Hall–Kier alpha value is -3.26. The highest BCUT2D eigenvalue weighted by atomic mass is 32.2. The van der Waals surface area contributed by atoms with E-state index < -0.39 is 0 Å². The lowest BCUT2D eigenvalue weighted by Gasteiger charge is -2.06. The first-order valence-corrected chi connectivity index (χ1v) is 9.71. The average molecular weight is 394 g/mol. The fourth-order valence-electron chi connectivity index (χ4n) is 2.66. The molecule has 7 nitrogen and oxygen atoms in total. The predicted octanol–water partition coefficient (Wildman–Crippen LogP) is 4.75. The molecular formula is C20H18N4O3S. The van der Waals surface area contributed by atoms with E-state index in [1.807, 2.05) is 43.3 Å². The van der Waals surface area contributed by atoms with Gasteiger partial charge in [-0.2, -0.15) is 0 Å². The van der Waals surface area contributed by atoms with Crippen molar-refractivity contribution in [3.8, 4) is 22.9 Å². The molecule has 0 saturated carbocycles. The summed E-state index contributed by atoms with van der Waals surface area (Å²) in [6.45, 7) is 1.91. The number of aryl methyl sites for hydroxylation is 1. The van der Waals surface area contributed by atoms with E-state index in [1.165, 1.54) is 11.8 Å². The van der Waals surface area contributed by atoms with Crippen LogP contribution in [0.4, 0.5) is 5.82 Å². The van der Waals surface area contributed by atoms with Crippen LogP contribution in [-0.2, 0) is 4.79 Å². The summed E-state index contributed by atoms with van der Waals surface area (Å²) in [5, 5.41) is 3.53. The lowest BCUT2D eigenvalue weighted by atomic mass is 10.2. The summed E-state index contributed by atoms with van der Waals surface area (Å²) >= 11 is 1.46. The molecule has 0 bridgehead atoms. The molecule has 4 rings (SSSR count). The minimum absolute atomic E-state index is 0.0848. The number of thioether (sulfide) groups is 1. The Morgan fingerprint density at radius 1 is 1.14 bits per heavy atom. The second kappa shape index (κ2) is 8.18. The first-order chi connectivity index (χ1) is 13.7. The molecule has 0 spiro atoms. The van der Waals surface area contributed by atoms with Gasteiger partial charge in [-0.15, -0.1) is 0 Å². The molecule has 142 valence electrons. The quantitative estimate of drug-likeness (QED) is 0.439. The van der Waals surface area contributed by atoms with Crippen molar-refractivity contribution < 1.29 is 13.6 Å². The zero-order chi connectivity index (χ0) is 19.3. The molecule has 0 aromatic carbocycles. The standard InChI is InChI=1S/C20H18N4O3S/c1-13-5-2-9-21-19(13)22-16(25)8-12-28-20-23-17(14-6-3-10-26-14)18(24-20)15-7-4-11-27-15/h2-7,9-11H,8,12H2,1H3,(H,23,24)(H,21,22,25). The van der Waals surface area contributed by atoms with Crippen molar-refractivity contribution in [2.45, 2.75) is 18.5 Å². The third-order valence-electron chi connectivity index (χ3n) is 4.04. The summed E-state index contributed by atoms with van der Waals surface area (Å²) in [5.74, 6) is 2.40. The first kappa shape index (κ1) is 18.1. The van der Waals surface area contributed by atoms with Crippen molar-refractivity contribution in [2.75, 3.05) is 11.1 Å². The van der Waals surface area contributed by atoms with Crippen molar-refractivity contribution in [1.29, 1.82) is 0 Å². The molecule has 0 fully saturated rings. The monoisotopic (exact) mass is 394 g/mol. The topological polar surface area (TPSA) is 97.0 Å². The molecule has 4 aromatic rings. The molecule has 0 aliphatic rings. The van der Waals surface area contributed by atoms with Gasteiger partial charge in [0.25, 0.3) is 0 Å². The molecule has 0 atom stereocenters. The molecule has 8 heteroatoms. The van der Waals surface area contributed by atoms with E-state index in [-0.39, 0.29) is 5.91 Å². The predicted molar refractivity (Wildman–Crippen MR) is 107 cm³/mol. The zero-order valence-corrected chi connectivity index (χ0v) is 16.0. The summed E-state index contributed by atoms with van der Waals surface area (Å²) in [5.41, 5.74) is 2.35. The maximum atomic E-state index is 12.2. The van der Waals surface area contributed by atoms with Crippen molar-refractivity contribution in [2.24, 2.45) is 0 Å². The van der Waals surface area contributed by atoms with Gasteiger partial charge < -0.3 is 19.1 Å². The molecule has 2 N–H and O–H groups in total. The van der Waals surface area contributed by atoms with E-state index in [4.69, 9.17) is 8.83 Å². The molecule has 0 aliphatic heterocycles. The lowest BCUT2D eigenvalue weighted by Crippen LogP contribution is -2.14. The van der Waals surface area contributed by atoms with Gasteiger partial charge >= 0.3 is 0 Å². The minimum Gasteiger partial charge on any atom is -0.463 e. The van der Waals surface area contributed by atoms with Crippen LogP contribution in [0.3, 0.4) is 0 Å². The van der Waals surface area contributed by atoms with Gasteiger partial charge in [-0.05, 0) is 42.8 Å². The maximum Gasteiger partial charge on any atom is 0.226 e. The molecule has 1 amide bonds. The number of anilines is 1. The van der Waals surface area contributed by atoms with Gasteiger partial charge in [0.15, 0.2) is 16.7 Å². The van der Waals surface area contributed by atoms with Gasteiger partial charge in [0.05, 0.1) is 12.5 Å². The summed E-state index contributed by atoms with van der Waals surface area (Å²) in [7, 11) is 0. The second-order valence-electron chi connectivity index (χ2n) is 6.04. The number of carbonyl (C=O) groups excluding carboxylic acids is 1. The van der Waals surface area contributed by atoms with Crippen molar-refractivity contribution in [1.82, 2.24) is 15.0 Å². The number of aromatic amines is 1. The minimum atomic E-state index is -0.0848. The number of furan rings is 2. The Morgan fingerprint density at radius 2 is 1.93 bits per heavy atom. The van der Waals surface area contributed by atoms with E-state index in [9.17, 15) is 4.79 Å². The van der Waals surface area contributed by atoms with Crippen LogP contribution in [0.5, 0.6) is 0 Å². The van der Waals surface area contributed by atoms with Crippen LogP contribution in [0.2, 0.25) is 0 Å². The number of hydrogen-bond donors (Lipinski definition) is 2. The van der Waals surface area contributed by atoms with Crippen molar-refractivity contribution >= 4 is 23.5 Å². The Balaban J connectivity index is 1.42. The Kier molecular flexibility index (Phi) is 5.29. The highest BCUT2D eigenvalue weighted by Crippen LogP contribution is 2.33. The van der Waals surface area contributed by atoms with Gasteiger partial charge in [0.1, 0.15) is 17.2 Å². The zero-order valence-electron chi connectivity index (χ0n) is 15.1. The third-order valence-corrected chi connectivity index (χ3v) is 4.91. The number of amides is 1. The van der Waals surface area contributed by atoms with Crippen LogP contribution < -0.4 is 5.32 Å². The van der Waals surface area contributed by atoms with Crippen LogP contribution in [0.15, 0.2) is 69.1 Å². The van der Waals surface area contributed by atoms with Crippen molar-refractivity contribution in [3.63, 3.8) is 0 Å². The first-order valence-electron chi connectivity index (χ1n) is 8.73. The smallest absolute Gasteiger partial charge is 0.226 e. The summed E-state index contributed by atoms with van der Waals surface area (Å²) in [6, 6.07) is 11.1. The number of H-pyrrole nitrogens is 1. The number of rotatable bonds is 7. The van der Waals surface area contributed by atoms with Crippen LogP contribution in [0.25, 0.3) is 22.9 Å². The highest BCUT2D eigenvalue weighted by Gasteiger charge is 2.18. The van der Waals surface area contributed by atoms with Crippen LogP contribution in [-0.4, -0.2) is 26.6 Å². The number of nitrogens with one attached hydrogen (secondary N) is 2. The van der Waals surface area contributed by atoms with Gasteiger partial charge in [-0.1, -0.05) is 17.8 Å². The van der Waals surface area contributed by atoms with E-state index in [0.29, 0.717) is 40.4 Å². The molecule has 0 aliphatic carbocycles. The molecule has 0 saturated heterocycles. The van der Waals surface area contributed by atoms with E-state index in [1.54, 1.807) is 18.7 Å². The molecule has 4 heterocycles. The van der Waals surface area contributed by atoms with E-state index in [0.717, 1.165) is 11.3 Å². The van der Waals surface area contributed by atoms with E-state index in [2.05, 4.69) is 20.3 Å². The number of hydrogen-bond acceptors (Lipinski definition) is 6. The van der Waals surface area contributed by atoms with Crippen LogP contribution in [0.1, 0.15) is 12.0 Å². The highest BCUT2D eigenvalue weighted by molar-refractivity contribution is 7.99.